The molecular formula is C22H23F3N6O2S. The average molecular weight is 493 g/mol. The minimum absolute atomic E-state index is 0.104. The molecule has 0 bridgehead atoms. The third-order valence-corrected chi connectivity index (χ3v) is 7.89. The number of rotatable bonds is 5. The van der Waals surface area contributed by atoms with Crippen molar-refractivity contribution in [1.29, 1.82) is 0 Å². The Hall–Kier alpha value is -2.96. The molecule has 180 valence electrons. The number of aromatic nitrogens is 4. The second-order valence-corrected chi connectivity index (χ2v) is 10.2. The highest BCUT2D eigenvalue weighted by Crippen LogP contribution is 2.34. The van der Waals surface area contributed by atoms with Gasteiger partial charge in [-0.15, -0.1) is 0 Å². The molecule has 0 atom stereocenters. The fourth-order valence-electron chi connectivity index (χ4n) is 4.72. The molecule has 4 heterocycles. The highest BCUT2D eigenvalue weighted by atomic mass is 32.2. The van der Waals surface area contributed by atoms with E-state index in [1.807, 2.05) is 4.57 Å². The van der Waals surface area contributed by atoms with Crippen LogP contribution in [0.1, 0.15) is 24.7 Å². The van der Waals surface area contributed by atoms with Crippen LogP contribution in [0.4, 0.5) is 13.2 Å². The smallest absolute Gasteiger partial charge is 0.324 e. The number of benzene rings is 1. The number of likely N-dealkylation sites (tertiary alicyclic amines) is 1. The maximum atomic E-state index is 13.2. The highest BCUT2D eigenvalue weighted by Gasteiger charge is 2.34. The van der Waals surface area contributed by atoms with E-state index < -0.39 is 22.7 Å². The van der Waals surface area contributed by atoms with Crippen molar-refractivity contribution in [1.82, 2.24) is 23.4 Å². The Morgan fingerprint density at radius 3 is 2.44 bits per heavy atom. The van der Waals surface area contributed by atoms with E-state index in [0.717, 1.165) is 3.97 Å². The Kier molecular flexibility index (Phi) is 5.61. The molecule has 1 aliphatic heterocycles. The molecule has 0 amide bonds. The molecule has 34 heavy (non-hydrogen) atoms. The summed E-state index contributed by atoms with van der Waals surface area (Å²) in [6, 6.07) is 9.66. The number of nitrogens with two attached hydrogens (primary N) is 1. The highest BCUT2D eigenvalue weighted by molar-refractivity contribution is 7.90. The van der Waals surface area contributed by atoms with Gasteiger partial charge in [0.1, 0.15) is 11.3 Å². The zero-order valence-electron chi connectivity index (χ0n) is 18.1. The molecule has 8 nitrogen and oxygen atoms in total. The van der Waals surface area contributed by atoms with Crippen LogP contribution in [0, 0.1) is 0 Å². The van der Waals surface area contributed by atoms with E-state index in [1.54, 1.807) is 24.3 Å². The van der Waals surface area contributed by atoms with Gasteiger partial charge in [0.25, 0.3) is 10.0 Å². The van der Waals surface area contributed by atoms with Gasteiger partial charge in [0, 0.05) is 30.7 Å². The van der Waals surface area contributed by atoms with Gasteiger partial charge >= 0.3 is 6.18 Å². The Labute approximate surface area is 193 Å². The summed E-state index contributed by atoms with van der Waals surface area (Å²) in [6.45, 7) is -0.193. The van der Waals surface area contributed by atoms with E-state index in [2.05, 4.69) is 9.97 Å². The third kappa shape index (κ3) is 3.95. The molecule has 0 unspecified atom stereocenters. The first-order valence-corrected chi connectivity index (χ1v) is 12.3. The second-order valence-electron chi connectivity index (χ2n) is 8.38. The van der Waals surface area contributed by atoms with E-state index >= 15 is 0 Å². The fraction of sp³-hybridized carbons (Fsp3) is 0.364. The quantitative estimate of drug-likeness (QED) is 0.459. The van der Waals surface area contributed by atoms with Crippen LogP contribution in [0.25, 0.3) is 22.1 Å². The molecule has 3 aromatic heterocycles. The lowest BCUT2D eigenvalue weighted by Gasteiger charge is -2.33. The standard InChI is InChI=1S/C22H23F3N6O2S/c23-22(24,25)14-29-9-6-15(7-10-29)31-19(12-26)28-18-13-27-21-17(20(18)31)8-11-30(21)34(32,33)16-4-2-1-3-5-16/h1-5,8,11,13,15H,6-7,9-10,12,14,26H2. The molecule has 1 saturated heterocycles. The van der Waals surface area contributed by atoms with Crippen molar-refractivity contribution in [2.24, 2.45) is 5.73 Å². The summed E-state index contributed by atoms with van der Waals surface area (Å²) in [5.41, 5.74) is 7.49. The second kappa shape index (κ2) is 8.36. The monoisotopic (exact) mass is 492 g/mol. The van der Waals surface area contributed by atoms with Crippen molar-refractivity contribution in [2.75, 3.05) is 19.6 Å². The van der Waals surface area contributed by atoms with Gasteiger partial charge in [0.05, 0.1) is 29.7 Å². The molecule has 5 rings (SSSR count). The van der Waals surface area contributed by atoms with Gasteiger partial charge < -0.3 is 10.3 Å². The first-order valence-electron chi connectivity index (χ1n) is 10.9. The Balaban J connectivity index is 1.58. The van der Waals surface area contributed by atoms with Crippen LogP contribution in [0.2, 0.25) is 0 Å². The van der Waals surface area contributed by atoms with Crippen molar-refractivity contribution in [3.8, 4) is 0 Å². The fourth-order valence-corrected chi connectivity index (χ4v) is 6.04. The van der Waals surface area contributed by atoms with Crippen LogP contribution in [-0.4, -0.2) is 57.6 Å². The summed E-state index contributed by atoms with van der Waals surface area (Å²) >= 11 is 0. The van der Waals surface area contributed by atoms with Crippen LogP contribution in [-0.2, 0) is 16.6 Å². The molecule has 4 aromatic rings. The number of nitrogens with zero attached hydrogens (tertiary/aromatic N) is 5. The van der Waals surface area contributed by atoms with Crippen molar-refractivity contribution in [3.63, 3.8) is 0 Å². The zero-order valence-corrected chi connectivity index (χ0v) is 18.9. The lowest BCUT2D eigenvalue weighted by Crippen LogP contribution is -2.40. The number of hydrogen-bond acceptors (Lipinski definition) is 6. The van der Waals surface area contributed by atoms with Gasteiger partial charge in [0.15, 0.2) is 5.65 Å². The first kappa shape index (κ1) is 22.8. The minimum atomic E-state index is -4.23. The van der Waals surface area contributed by atoms with Crippen molar-refractivity contribution in [2.45, 2.75) is 36.5 Å². The van der Waals surface area contributed by atoms with Crippen molar-refractivity contribution >= 4 is 32.1 Å². The summed E-state index contributed by atoms with van der Waals surface area (Å²) in [4.78, 5) is 10.5. The Morgan fingerprint density at radius 1 is 1.09 bits per heavy atom. The van der Waals surface area contributed by atoms with Crippen LogP contribution in [0.15, 0.2) is 53.7 Å². The molecule has 0 aliphatic carbocycles. The average Bonchev–Trinajstić information content (AvgIpc) is 3.40. The number of alkyl halides is 3. The number of halogens is 3. The van der Waals surface area contributed by atoms with Crippen LogP contribution in [0.5, 0.6) is 0 Å². The van der Waals surface area contributed by atoms with Gasteiger partial charge in [0.2, 0.25) is 0 Å². The number of piperidine rings is 1. The lowest BCUT2D eigenvalue weighted by atomic mass is 10.0. The Morgan fingerprint density at radius 2 is 1.79 bits per heavy atom. The largest absolute Gasteiger partial charge is 0.401 e. The van der Waals surface area contributed by atoms with Crippen molar-refractivity contribution < 1.29 is 21.6 Å². The van der Waals surface area contributed by atoms with Gasteiger partial charge in [-0.25, -0.2) is 22.4 Å². The number of hydrogen-bond donors (Lipinski definition) is 1. The topological polar surface area (TPSA) is 99.0 Å². The molecule has 1 aliphatic rings. The number of pyridine rings is 1. The van der Waals surface area contributed by atoms with E-state index in [0.29, 0.717) is 48.2 Å². The minimum Gasteiger partial charge on any atom is -0.324 e. The molecular weight excluding hydrogens is 469 g/mol. The van der Waals surface area contributed by atoms with E-state index in [9.17, 15) is 21.6 Å². The normalized spacial score (nSPS) is 16.6. The summed E-state index contributed by atoms with van der Waals surface area (Å²) in [6.07, 6.45) is -0.251. The summed E-state index contributed by atoms with van der Waals surface area (Å²) < 4.78 is 68.0. The lowest BCUT2D eigenvalue weighted by molar-refractivity contribution is -0.148. The summed E-state index contributed by atoms with van der Waals surface area (Å²) in [5.74, 6) is 0.595. The maximum Gasteiger partial charge on any atom is 0.401 e. The summed E-state index contributed by atoms with van der Waals surface area (Å²) in [7, 11) is -3.87. The van der Waals surface area contributed by atoms with Gasteiger partial charge in [-0.2, -0.15) is 13.2 Å². The van der Waals surface area contributed by atoms with Gasteiger partial charge in [-0.1, -0.05) is 18.2 Å². The number of imidazole rings is 1. The van der Waals surface area contributed by atoms with Crippen LogP contribution >= 0.6 is 0 Å². The third-order valence-electron chi connectivity index (χ3n) is 6.21. The number of fused-ring (bicyclic) bond motifs is 3. The first-order chi connectivity index (χ1) is 16.2. The molecule has 1 fully saturated rings. The molecule has 0 radical (unpaired) electrons. The molecule has 0 spiro atoms. The molecule has 1 aromatic carbocycles. The zero-order chi connectivity index (χ0) is 24.1. The van der Waals surface area contributed by atoms with E-state index in [4.69, 9.17) is 5.73 Å². The molecule has 12 heteroatoms. The van der Waals surface area contributed by atoms with E-state index in [-0.39, 0.29) is 23.1 Å². The van der Waals surface area contributed by atoms with Gasteiger partial charge in [-0.3, -0.25) is 4.90 Å². The van der Waals surface area contributed by atoms with Crippen molar-refractivity contribution in [3.05, 3.63) is 54.6 Å². The molecule has 2 N–H and O–H groups in total. The van der Waals surface area contributed by atoms with E-state index in [1.165, 1.54) is 29.4 Å². The van der Waals surface area contributed by atoms with Crippen LogP contribution < -0.4 is 5.73 Å². The Bertz CT molecular complexity index is 1440. The molecule has 0 saturated carbocycles. The predicted octanol–water partition coefficient (Wildman–Crippen LogP) is 3.28. The maximum absolute atomic E-state index is 13.2. The van der Waals surface area contributed by atoms with Crippen LogP contribution in [0.3, 0.4) is 0 Å². The predicted molar refractivity (Wildman–Crippen MR) is 121 cm³/mol. The summed E-state index contributed by atoms with van der Waals surface area (Å²) in [5, 5.41) is 0.599. The van der Waals surface area contributed by atoms with Gasteiger partial charge in [-0.05, 0) is 31.0 Å². The SMILES string of the molecule is NCc1nc2cnc3c(ccn3S(=O)(=O)c3ccccc3)c2n1C1CCN(CC(F)(F)F)CC1.